The number of anilines is 1. The van der Waals surface area contributed by atoms with Gasteiger partial charge >= 0.3 is 0 Å². The van der Waals surface area contributed by atoms with Crippen LogP contribution < -0.4 is 14.8 Å². The third kappa shape index (κ3) is 4.84. The van der Waals surface area contributed by atoms with Gasteiger partial charge in [0.25, 0.3) is 0 Å². The maximum Gasteiger partial charge on any atom is 0.244 e. The third-order valence-corrected chi connectivity index (χ3v) is 6.93. The molecule has 28 heavy (non-hydrogen) atoms. The van der Waals surface area contributed by atoms with Crippen LogP contribution in [0.5, 0.6) is 11.5 Å². The molecule has 2 rings (SSSR count). The number of sulfonamides is 1. The molecule has 1 N–H and O–H groups in total. The molecule has 0 aliphatic heterocycles. The predicted molar refractivity (Wildman–Crippen MR) is 112 cm³/mol. The zero-order valence-corrected chi connectivity index (χ0v) is 18.6. The summed E-state index contributed by atoms with van der Waals surface area (Å²) in [7, 11) is 0.293. The monoisotopic (exact) mass is 470 g/mol. The number of benzene rings is 2. The number of carbonyl (C=O) groups is 1. The summed E-state index contributed by atoms with van der Waals surface area (Å²) in [5, 5.41) is 2.77. The van der Waals surface area contributed by atoms with E-state index < -0.39 is 15.9 Å². The van der Waals surface area contributed by atoms with Crippen molar-refractivity contribution < 1.29 is 22.7 Å². The fourth-order valence-corrected chi connectivity index (χ4v) is 4.75. The molecule has 9 heteroatoms. The Kier molecular flexibility index (Phi) is 7.45. The normalized spacial score (nSPS) is 11.4. The standard InChI is InChI=1S/C19H23BrN2O5S/c1-5-13-8-6-7-9-15(13)21-19(23)12-22(2)28(24,25)18-11-17(27-4)16(26-3)10-14(18)20/h6-11H,5,12H2,1-4H3,(H,21,23). The predicted octanol–water partition coefficient (Wildman–Crippen LogP) is 3.29. The summed E-state index contributed by atoms with van der Waals surface area (Å²) >= 11 is 3.25. The van der Waals surface area contributed by atoms with Crippen molar-refractivity contribution in [3.05, 3.63) is 46.4 Å². The number of aryl methyl sites for hydroxylation is 1. The van der Waals surface area contributed by atoms with Crippen LogP contribution in [0.2, 0.25) is 0 Å². The van der Waals surface area contributed by atoms with Crippen LogP contribution in [0.15, 0.2) is 45.8 Å². The Hall–Kier alpha value is -2.10. The Bertz CT molecular complexity index is 963. The molecule has 0 bridgehead atoms. The summed E-state index contributed by atoms with van der Waals surface area (Å²) < 4.78 is 37.6. The lowest BCUT2D eigenvalue weighted by Gasteiger charge is -2.19. The van der Waals surface area contributed by atoms with Crippen LogP contribution in [0, 0.1) is 0 Å². The molecule has 2 aromatic rings. The van der Waals surface area contributed by atoms with E-state index in [4.69, 9.17) is 9.47 Å². The Morgan fingerprint density at radius 1 is 1.14 bits per heavy atom. The van der Waals surface area contributed by atoms with E-state index >= 15 is 0 Å². The lowest BCUT2D eigenvalue weighted by molar-refractivity contribution is -0.116. The molecular formula is C19H23BrN2O5S. The second kappa shape index (κ2) is 9.40. The Labute approximate surface area is 173 Å². The molecule has 0 spiro atoms. The molecule has 0 heterocycles. The minimum Gasteiger partial charge on any atom is -0.493 e. The van der Waals surface area contributed by atoms with Crippen molar-refractivity contribution >= 4 is 37.5 Å². The minimum absolute atomic E-state index is 0.0191. The van der Waals surface area contributed by atoms with E-state index in [1.807, 2.05) is 25.1 Å². The molecule has 0 unspecified atom stereocenters. The van der Waals surface area contributed by atoms with Gasteiger partial charge in [-0.25, -0.2) is 8.42 Å². The summed E-state index contributed by atoms with van der Waals surface area (Å²) in [6.07, 6.45) is 0.753. The molecule has 0 saturated heterocycles. The van der Waals surface area contributed by atoms with Crippen molar-refractivity contribution in [3.63, 3.8) is 0 Å². The van der Waals surface area contributed by atoms with Gasteiger partial charge in [-0.05, 0) is 40.0 Å². The highest BCUT2D eigenvalue weighted by molar-refractivity contribution is 9.10. The first-order valence-corrected chi connectivity index (χ1v) is 10.7. The number of amides is 1. The molecule has 1 amide bonds. The third-order valence-electron chi connectivity index (χ3n) is 4.16. The molecule has 0 fully saturated rings. The van der Waals surface area contributed by atoms with Gasteiger partial charge < -0.3 is 14.8 Å². The number of methoxy groups -OCH3 is 2. The Balaban J connectivity index is 2.23. The van der Waals surface area contributed by atoms with Gasteiger partial charge in [-0.3, -0.25) is 4.79 Å². The molecular weight excluding hydrogens is 448 g/mol. The molecule has 0 aliphatic carbocycles. The van der Waals surface area contributed by atoms with Gasteiger partial charge in [0.1, 0.15) is 4.90 Å². The first-order valence-electron chi connectivity index (χ1n) is 8.50. The van der Waals surface area contributed by atoms with Gasteiger partial charge in [0, 0.05) is 23.3 Å². The van der Waals surface area contributed by atoms with Crippen LogP contribution in [-0.2, 0) is 21.2 Å². The molecule has 0 aliphatic rings. The Morgan fingerprint density at radius 2 is 1.75 bits per heavy atom. The van der Waals surface area contributed by atoms with Crippen LogP contribution in [0.25, 0.3) is 0 Å². The van der Waals surface area contributed by atoms with Gasteiger partial charge in [0.2, 0.25) is 15.9 Å². The van der Waals surface area contributed by atoms with Crippen molar-refractivity contribution in [1.29, 1.82) is 0 Å². The van der Waals surface area contributed by atoms with Crippen LogP contribution in [0.3, 0.4) is 0 Å². The molecule has 0 aromatic heterocycles. The van der Waals surface area contributed by atoms with E-state index in [9.17, 15) is 13.2 Å². The van der Waals surface area contributed by atoms with E-state index in [1.165, 1.54) is 33.4 Å². The average molecular weight is 471 g/mol. The number of carbonyl (C=O) groups excluding carboxylic acids is 1. The van der Waals surface area contributed by atoms with E-state index in [0.717, 1.165) is 16.3 Å². The van der Waals surface area contributed by atoms with Crippen LogP contribution >= 0.6 is 15.9 Å². The number of hydrogen-bond donors (Lipinski definition) is 1. The average Bonchev–Trinajstić information content (AvgIpc) is 2.67. The first-order chi connectivity index (χ1) is 13.2. The summed E-state index contributed by atoms with van der Waals surface area (Å²) in [6.45, 7) is 1.65. The van der Waals surface area contributed by atoms with Crippen LogP contribution in [0.4, 0.5) is 5.69 Å². The lowest BCUT2D eigenvalue weighted by atomic mass is 10.1. The molecule has 2 aromatic carbocycles. The summed E-state index contributed by atoms with van der Waals surface area (Å²) in [4.78, 5) is 12.4. The van der Waals surface area contributed by atoms with Crippen molar-refractivity contribution in [2.75, 3.05) is 33.1 Å². The second-order valence-electron chi connectivity index (χ2n) is 5.96. The molecule has 7 nitrogen and oxygen atoms in total. The number of halogens is 1. The number of likely N-dealkylation sites (N-methyl/N-ethyl adjacent to an activating group) is 1. The first kappa shape index (κ1) is 22.2. The van der Waals surface area contributed by atoms with Crippen molar-refractivity contribution in [1.82, 2.24) is 4.31 Å². The fourth-order valence-electron chi connectivity index (χ4n) is 2.63. The fraction of sp³-hybridized carbons (Fsp3) is 0.316. The number of ether oxygens (including phenoxy) is 2. The van der Waals surface area contributed by atoms with E-state index in [2.05, 4.69) is 21.2 Å². The van der Waals surface area contributed by atoms with E-state index in [1.54, 1.807) is 6.07 Å². The largest absolute Gasteiger partial charge is 0.493 e. The van der Waals surface area contributed by atoms with Gasteiger partial charge in [-0.2, -0.15) is 4.31 Å². The van der Waals surface area contributed by atoms with Crippen molar-refractivity contribution in [2.45, 2.75) is 18.2 Å². The quantitative estimate of drug-likeness (QED) is 0.639. The zero-order chi connectivity index (χ0) is 20.9. The Morgan fingerprint density at radius 3 is 2.36 bits per heavy atom. The smallest absolute Gasteiger partial charge is 0.244 e. The number of hydrogen-bond acceptors (Lipinski definition) is 5. The maximum atomic E-state index is 13.0. The second-order valence-corrected chi connectivity index (χ2v) is 8.83. The summed E-state index contributed by atoms with van der Waals surface area (Å²) in [6, 6.07) is 10.3. The van der Waals surface area contributed by atoms with Crippen LogP contribution in [0.1, 0.15) is 12.5 Å². The SMILES string of the molecule is CCc1ccccc1NC(=O)CN(C)S(=O)(=O)c1cc(OC)c(OC)cc1Br. The minimum atomic E-state index is -3.94. The van der Waals surface area contributed by atoms with E-state index in [-0.39, 0.29) is 17.2 Å². The van der Waals surface area contributed by atoms with Crippen molar-refractivity contribution in [3.8, 4) is 11.5 Å². The highest BCUT2D eigenvalue weighted by Crippen LogP contribution is 2.36. The highest BCUT2D eigenvalue weighted by atomic mass is 79.9. The van der Waals surface area contributed by atoms with Gasteiger partial charge in [-0.1, -0.05) is 25.1 Å². The number of rotatable bonds is 8. The van der Waals surface area contributed by atoms with Gasteiger partial charge in [0.05, 0.1) is 20.8 Å². The van der Waals surface area contributed by atoms with Crippen molar-refractivity contribution in [2.24, 2.45) is 0 Å². The molecule has 0 saturated carbocycles. The zero-order valence-electron chi connectivity index (χ0n) is 16.2. The summed E-state index contributed by atoms with van der Waals surface area (Å²) in [5.41, 5.74) is 1.65. The van der Waals surface area contributed by atoms with Gasteiger partial charge in [-0.15, -0.1) is 0 Å². The topological polar surface area (TPSA) is 84.9 Å². The number of para-hydroxylation sites is 1. The van der Waals surface area contributed by atoms with E-state index in [0.29, 0.717) is 15.9 Å². The van der Waals surface area contributed by atoms with Crippen LogP contribution in [-0.4, -0.2) is 46.4 Å². The molecule has 0 atom stereocenters. The lowest BCUT2D eigenvalue weighted by Crippen LogP contribution is -2.35. The number of nitrogens with one attached hydrogen (secondary N) is 1. The molecule has 152 valence electrons. The molecule has 0 radical (unpaired) electrons. The highest BCUT2D eigenvalue weighted by Gasteiger charge is 2.27. The number of nitrogens with zero attached hydrogens (tertiary/aromatic N) is 1. The summed E-state index contributed by atoms with van der Waals surface area (Å²) in [5.74, 6) is 0.243. The maximum absolute atomic E-state index is 13.0. The van der Waals surface area contributed by atoms with Gasteiger partial charge in [0.15, 0.2) is 11.5 Å².